The molecule has 17 heteroatoms. The number of amides is 1. The van der Waals surface area contributed by atoms with E-state index < -0.39 is 51.5 Å². The van der Waals surface area contributed by atoms with Gasteiger partial charge in [0.25, 0.3) is 5.95 Å². The molecule has 13 nitrogen and oxygen atoms in total. The van der Waals surface area contributed by atoms with E-state index in [9.17, 15) is 36.3 Å². The predicted molar refractivity (Wildman–Crippen MR) is 97.3 cm³/mol. The van der Waals surface area contributed by atoms with Crippen molar-refractivity contribution >= 4 is 27.8 Å². The molecule has 1 saturated heterocycles. The Morgan fingerprint density at radius 2 is 1.88 bits per heavy atom. The van der Waals surface area contributed by atoms with E-state index >= 15 is 0 Å². The number of tetrazole rings is 1. The molecule has 2 aromatic rings. The number of benzene rings is 1. The normalized spacial score (nSPS) is 17.8. The Bertz CT molecular complexity index is 1110. The standard InChI is InChI=1S/C15H16F3N7O6S/c16-15(17,18)31-9-1-3-10(4-2-9)32(29,30)24-6-5-23(7-11(24)13(27)28)12(26)8-25-21-14(19)20-22-25/h1-4,11H,5-8H2,(H2,19,21)(H,27,28)/t11-/m1/s1. The monoisotopic (exact) mass is 479 g/mol. The number of hydrogen-bond acceptors (Lipinski definition) is 9. The molecule has 1 aromatic heterocycles. The van der Waals surface area contributed by atoms with Crippen LogP contribution in [0.15, 0.2) is 29.2 Å². The van der Waals surface area contributed by atoms with Gasteiger partial charge in [-0.25, -0.2) is 8.42 Å². The van der Waals surface area contributed by atoms with Crippen molar-refractivity contribution in [1.82, 2.24) is 29.4 Å². The fourth-order valence-electron chi connectivity index (χ4n) is 2.97. The van der Waals surface area contributed by atoms with Crippen LogP contribution in [0.1, 0.15) is 0 Å². The molecular weight excluding hydrogens is 463 g/mol. The minimum atomic E-state index is -4.95. The molecular formula is C15H16F3N7O6S. The van der Waals surface area contributed by atoms with Crippen LogP contribution in [0.3, 0.4) is 0 Å². The summed E-state index contributed by atoms with van der Waals surface area (Å²) >= 11 is 0. The van der Waals surface area contributed by atoms with E-state index in [0.717, 1.165) is 34.0 Å². The van der Waals surface area contributed by atoms with Gasteiger partial charge in [-0.2, -0.15) is 9.10 Å². The number of nitrogen functional groups attached to an aromatic ring is 1. The first kappa shape index (κ1) is 23.2. The summed E-state index contributed by atoms with van der Waals surface area (Å²) in [7, 11) is -4.40. The number of carboxylic acid groups (broad SMARTS) is 1. The van der Waals surface area contributed by atoms with E-state index in [2.05, 4.69) is 20.1 Å². The second-order valence-electron chi connectivity index (χ2n) is 6.51. The molecule has 1 aromatic carbocycles. The lowest BCUT2D eigenvalue weighted by molar-refractivity contribution is -0.274. The predicted octanol–water partition coefficient (Wildman–Crippen LogP) is -0.860. The molecule has 0 aliphatic carbocycles. The number of nitrogens with zero attached hydrogens (tertiary/aromatic N) is 6. The average molecular weight is 479 g/mol. The van der Waals surface area contributed by atoms with Gasteiger partial charge in [0.05, 0.1) is 4.90 Å². The van der Waals surface area contributed by atoms with Gasteiger partial charge in [0.15, 0.2) is 0 Å². The van der Waals surface area contributed by atoms with Gasteiger partial charge in [-0.05, 0) is 29.5 Å². The van der Waals surface area contributed by atoms with Crippen molar-refractivity contribution in [3.8, 4) is 5.75 Å². The molecule has 1 aliphatic rings. The quantitative estimate of drug-likeness (QED) is 0.531. The van der Waals surface area contributed by atoms with E-state index in [1.807, 2.05) is 0 Å². The third kappa shape index (κ3) is 5.22. The molecule has 3 rings (SSSR count). The van der Waals surface area contributed by atoms with Gasteiger partial charge in [-0.15, -0.1) is 18.3 Å². The van der Waals surface area contributed by atoms with Gasteiger partial charge in [0, 0.05) is 19.6 Å². The highest BCUT2D eigenvalue weighted by atomic mass is 32.2. The van der Waals surface area contributed by atoms with Crippen molar-refractivity contribution in [2.24, 2.45) is 0 Å². The van der Waals surface area contributed by atoms with Crippen molar-refractivity contribution in [2.45, 2.75) is 23.8 Å². The number of sulfonamides is 1. The van der Waals surface area contributed by atoms with E-state index in [4.69, 9.17) is 5.73 Å². The Labute approximate surface area is 178 Å². The minimum Gasteiger partial charge on any atom is -0.480 e. The number of alkyl halides is 3. The zero-order chi connectivity index (χ0) is 23.7. The molecule has 0 bridgehead atoms. The number of carboxylic acids is 1. The van der Waals surface area contributed by atoms with E-state index in [0.29, 0.717) is 4.31 Å². The van der Waals surface area contributed by atoms with Crippen molar-refractivity contribution in [3.05, 3.63) is 24.3 Å². The van der Waals surface area contributed by atoms with Crippen LogP contribution in [0.25, 0.3) is 0 Å². The summed E-state index contributed by atoms with van der Waals surface area (Å²) in [6, 6.07) is 1.71. The minimum absolute atomic E-state index is 0.138. The van der Waals surface area contributed by atoms with Crippen molar-refractivity contribution in [2.75, 3.05) is 25.4 Å². The molecule has 0 unspecified atom stereocenters. The van der Waals surface area contributed by atoms with Crippen LogP contribution >= 0.6 is 0 Å². The van der Waals surface area contributed by atoms with Gasteiger partial charge in [-0.1, -0.05) is 5.10 Å². The topological polar surface area (TPSA) is 174 Å². The maximum atomic E-state index is 12.9. The molecule has 174 valence electrons. The van der Waals surface area contributed by atoms with E-state index in [1.165, 1.54) is 0 Å². The molecule has 0 saturated carbocycles. The average Bonchev–Trinajstić information content (AvgIpc) is 3.11. The maximum absolute atomic E-state index is 12.9. The summed E-state index contributed by atoms with van der Waals surface area (Å²) in [6.07, 6.45) is -4.95. The highest BCUT2D eigenvalue weighted by molar-refractivity contribution is 7.89. The number of carbonyl (C=O) groups is 2. The van der Waals surface area contributed by atoms with Crippen LogP contribution in [-0.2, 0) is 26.2 Å². The third-order valence-electron chi connectivity index (χ3n) is 4.38. The number of rotatable bonds is 6. The van der Waals surface area contributed by atoms with Crippen LogP contribution in [0.5, 0.6) is 5.75 Å². The number of ether oxygens (including phenoxy) is 1. The third-order valence-corrected chi connectivity index (χ3v) is 6.30. The van der Waals surface area contributed by atoms with Crippen LogP contribution in [0.2, 0.25) is 0 Å². The van der Waals surface area contributed by atoms with Gasteiger partial charge in [-0.3, -0.25) is 9.59 Å². The summed E-state index contributed by atoms with van der Waals surface area (Å²) in [4.78, 5) is 25.8. The Balaban J connectivity index is 1.75. The van der Waals surface area contributed by atoms with Crippen LogP contribution < -0.4 is 10.5 Å². The molecule has 1 amide bonds. The van der Waals surface area contributed by atoms with E-state index in [1.54, 1.807) is 0 Å². The molecule has 2 heterocycles. The largest absolute Gasteiger partial charge is 0.573 e. The Morgan fingerprint density at radius 1 is 1.22 bits per heavy atom. The summed E-state index contributed by atoms with van der Waals surface area (Å²) in [5, 5.41) is 20.1. The summed E-state index contributed by atoms with van der Waals surface area (Å²) in [6.45, 7) is -1.35. The molecule has 32 heavy (non-hydrogen) atoms. The lowest BCUT2D eigenvalue weighted by Gasteiger charge is -2.38. The Hall–Kier alpha value is -3.47. The second-order valence-corrected chi connectivity index (χ2v) is 8.40. The molecule has 3 N–H and O–H groups in total. The van der Waals surface area contributed by atoms with Crippen molar-refractivity contribution in [1.29, 1.82) is 0 Å². The number of halogens is 3. The number of nitrogens with two attached hydrogens (primary N) is 1. The first-order chi connectivity index (χ1) is 14.9. The Kier molecular flexibility index (Phi) is 6.22. The van der Waals surface area contributed by atoms with Crippen LogP contribution in [0, 0.1) is 0 Å². The lowest BCUT2D eigenvalue weighted by atomic mass is 10.2. The molecule has 1 atom stereocenters. The number of carbonyl (C=O) groups excluding carboxylic acids is 1. The fourth-order valence-corrected chi connectivity index (χ4v) is 4.54. The SMILES string of the molecule is Nc1nnn(CC(=O)N2CCN(S(=O)(=O)c3ccc(OC(F)(F)F)cc3)[C@@H](C(=O)O)C2)n1. The molecule has 0 radical (unpaired) electrons. The smallest absolute Gasteiger partial charge is 0.480 e. The number of aliphatic carboxylic acids is 1. The Morgan fingerprint density at radius 3 is 2.41 bits per heavy atom. The van der Waals surface area contributed by atoms with Gasteiger partial charge in [0.1, 0.15) is 18.3 Å². The zero-order valence-corrected chi connectivity index (χ0v) is 16.8. The van der Waals surface area contributed by atoms with Gasteiger partial charge >= 0.3 is 12.3 Å². The highest BCUT2D eigenvalue weighted by Crippen LogP contribution is 2.27. The molecule has 1 aliphatic heterocycles. The first-order valence-corrected chi connectivity index (χ1v) is 10.2. The number of piperazine rings is 1. The number of aromatic nitrogens is 4. The highest BCUT2D eigenvalue weighted by Gasteiger charge is 2.41. The van der Waals surface area contributed by atoms with Gasteiger partial charge < -0.3 is 20.5 Å². The molecule has 1 fully saturated rings. The molecule has 0 spiro atoms. The summed E-state index contributed by atoms with van der Waals surface area (Å²) < 4.78 is 67.0. The van der Waals surface area contributed by atoms with Crippen LogP contribution in [0.4, 0.5) is 19.1 Å². The van der Waals surface area contributed by atoms with E-state index in [-0.39, 0.29) is 25.6 Å². The first-order valence-electron chi connectivity index (χ1n) is 8.78. The zero-order valence-electron chi connectivity index (χ0n) is 16.0. The van der Waals surface area contributed by atoms with Gasteiger partial charge in [0.2, 0.25) is 15.9 Å². The van der Waals surface area contributed by atoms with Crippen LogP contribution in [-0.4, -0.2) is 86.9 Å². The number of hydrogen-bond donors (Lipinski definition) is 2. The van der Waals surface area contributed by atoms with Crippen molar-refractivity contribution < 1.29 is 41.0 Å². The summed E-state index contributed by atoms with van der Waals surface area (Å²) in [5.41, 5.74) is 5.31. The second kappa shape index (κ2) is 8.58. The summed E-state index contributed by atoms with van der Waals surface area (Å²) in [5.74, 6) is -2.89. The maximum Gasteiger partial charge on any atom is 0.573 e. The number of anilines is 1. The lowest BCUT2D eigenvalue weighted by Crippen LogP contribution is -2.59. The fraction of sp³-hybridized carbons (Fsp3) is 0.400. The van der Waals surface area contributed by atoms with Crippen molar-refractivity contribution in [3.63, 3.8) is 0 Å².